The maximum Gasteiger partial charge on any atom is 0.303 e. The van der Waals surface area contributed by atoms with Crippen molar-refractivity contribution in [2.75, 3.05) is 0 Å². The second-order valence-corrected chi connectivity index (χ2v) is 8.84. The molecule has 4 heterocycles. The highest BCUT2D eigenvalue weighted by Gasteiger charge is 2.12. The van der Waals surface area contributed by atoms with Crippen LogP contribution in [0, 0.1) is 48.2 Å². The minimum absolute atomic E-state index is 0.650. The predicted molar refractivity (Wildman–Crippen MR) is 99.7 cm³/mol. The number of halogens is 2. The number of nitrogens with zero attached hydrogens (tertiary/aromatic N) is 4. The molecule has 0 amide bonds. The van der Waals surface area contributed by atoms with Gasteiger partial charge in [0.2, 0.25) is 0 Å². The van der Waals surface area contributed by atoms with Crippen LogP contribution in [0.2, 0.25) is 0 Å². The van der Waals surface area contributed by atoms with Crippen molar-refractivity contribution in [1.82, 2.24) is 9.97 Å². The molecule has 0 radical (unpaired) electrons. The molecule has 192 valence electrons. The summed E-state index contributed by atoms with van der Waals surface area (Å²) in [6, 6.07) is 12.0. The van der Waals surface area contributed by atoms with Crippen LogP contribution in [0.5, 0.6) is 0 Å². The Morgan fingerprint density at radius 1 is 0.583 bits per heavy atom. The number of aromatic amines is 2. The number of aromatic nitrogens is 4. The summed E-state index contributed by atoms with van der Waals surface area (Å²) >= 11 is 0. The van der Waals surface area contributed by atoms with Gasteiger partial charge in [-0.05, 0) is 63.1 Å². The molecule has 0 aliphatic heterocycles. The van der Waals surface area contributed by atoms with Gasteiger partial charge in [0.15, 0.2) is 0 Å². The molecule has 4 rings (SSSR count). The van der Waals surface area contributed by atoms with E-state index in [9.17, 15) is 0 Å². The number of aryl methyl sites for hydroxylation is 4. The molecule has 0 bridgehead atoms. The van der Waals surface area contributed by atoms with Gasteiger partial charge in [-0.2, -0.15) is 0 Å². The van der Waals surface area contributed by atoms with Crippen molar-refractivity contribution in [2.45, 2.75) is 27.7 Å². The fraction of sp³-hybridized carbons (Fsp3) is 0.200. The van der Waals surface area contributed by atoms with Crippen LogP contribution < -0.4 is 47.2 Å². The van der Waals surface area contributed by atoms with E-state index in [0.717, 1.165) is 33.5 Å². The first-order chi connectivity index (χ1) is 16.5. The van der Waals surface area contributed by atoms with E-state index in [2.05, 4.69) is 56.1 Å². The van der Waals surface area contributed by atoms with E-state index in [1.54, 1.807) is 0 Å². The molecule has 16 heteroatoms. The molecule has 0 aliphatic carbocycles. The van der Waals surface area contributed by atoms with Crippen LogP contribution in [0.25, 0.3) is 22.1 Å². The Hall–Kier alpha value is -3.02. The van der Waals surface area contributed by atoms with Crippen molar-refractivity contribution < 1.29 is 67.7 Å². The van der Waals surface area contributed by atoms with Crippen LogP contribution in [0.15, 0.2) is 46.6 Å². The molecule has 0 atom stereocenters. The lowest BCUT2D eigenvalue weighted by Gasteiger charge is -2.17. The fourth-order valence-electron chi connectivity index (χ4n) is 3.18. The van der Waals surface area contributed by atoms with Crippen molar-refractivity contribution in [3.63, 3.8) is 0 Å². The standard InChI is InChI=1S/C20H18N6.2ClHO4/c1-11-9-13(3)21-19-15(11)5-7-17(23-19)25-26-18-8-6-16-12(2)10-14(4)22-20(16)24-18;2*2-1(3,4)5/h5-10H,1-4H3;2*(H,2,3,4,5). The lowest BCUT2D eigenvalue weighted by Crippen LogP contribution is -2.68. The Balaban J connectivity index is 0.000000389. The summed E-state index contributed by atoms with van der Waals surface area (Å²) in [4.78, 5) is 15.5. The van der Waals surface area contributed by atoms with Crippen LogP contribution in [0.3, 0.4) is 0 Å². The Bertz CT molecular complexity index is 1280. The number of pyridine rings is 4. The lowest BCUT2D eigenvalue weighted by molar-refractivity contribution is -2.00. The number of rotatable bonds is 2. The van der Waals surface area contributed by atoms with Gasteiger partial charge in [-0.1, -0.05) is 0 Å². The summed E-state index contributed by atoms with van der Waals surface area (Å²) in [5, 5.41) is 10.8. The number of H-pyrrole nitrogens is 2. The van der Waals surface area contributed by atoms with E-state index in [1.165, 1.54) is 11.1 Å². The van der Waals surface area contributed by atoms with E-state index in [-0.39, 0.29) is 0 Å². The number of fused-ring (bicyclic) bond motifs is 2. The van der Waals surface area contributed by atoms with Gasteiger partial charge in [-0.3, -0.25) is 0 Å². The van der Waals surface area contributed by atoms with Crippen molar-refractivity contribution in [3.8, 4) is 0 Å². The van der Waals surface area contributed by atoms with Crippen molar-refractivity contribution in [3.05, 3.63) is 58.9 Å². The average molecular weight is 543 g/mol. The van der Waals surface area contributed by atoms with Gasteiger partial charge in [0, 0.05) is 12.1 Å². The van der Waals surface area contributed by atoms with E-state index in [4.69, 9.17) is 37.3 Å². The Morgan fingerprint density at radius 2 is 0.889 bits per heavy atom. The van der Waals surface area contributed by atoms with Gasteiger partial charge >= 0.3 is 11.6 Å². The summed E-state index contributed by atoms with van der Waals surface area (Å²) < 4.78 is 67.9. The first kappa shape index (κ1) is 29.2. The molecule has 2 N–H and O–H groups in total. The number of nitrogens with one attached hydrogen (secondary N) is 2. The SMILES string of the molecule is Cc1cc(C)c2ccc(N=Nc3ccc4c(C)cc(C)nc4[nH+]3)[nH+]c2n1.[O-][Cl+3]([O-])([O-])[O-].[O-][Cl+3]([O-])([O-])[O-]. The molecular formula is C20H20Cl2N6O8. The molecule has 4 aromatic heterocycles. The highest BCUT2D eigenvalue weighted by molar-refractivity contribution is 5.77. The minimum Gasteiger partial charge on any atom is -0.237 e. The molecule has 0 aliphatic rings. The summed E-state index contributed by atoms with van der Waals surface area (Å²) in [6.07, 6.45) is 0. The molecule has 0 aromatic carbocycles. The summed E-state index contributed by atoms with van der Waals surface area (Å²) in [5.74, 6) is 1.30. The van der Waals surface area contributed by atoms with E-state index >= 15 is 0 Å². The summed E-state index contributed by atoms with van der Waals surface area (Å²) in [5.41, 5.74) is 5.95. The molecule has 4 aromatic rings. The topological polar surface area (TPSA) is 263 Å². The third-order valence-corrected chi connectivity index (χ3v) is 4.36. The van der Waals surface area contributed by atoms with Crippen LogP contribution in [-0.2, 0) is 0 Å². The third kappa shape index (κ3) is 10.3. The summed E-state index contributed by atoms with van der Waals surface area (Å²) in [6.45, 7) is 8.12. The van der Waals surface area contributed by atoms with E-state index in [0.29, 0.717) is 11.6 Å². The first-order valence-corrected chi connectivity index (χ1v) is 12.2. The molecule has 36 heavy (non-hydrogen) atoms. The zero-order valence-corrected chi connectivity index (χ0v) is 20.8. The second kappa shape index (κ2) is 11.8. The summed E-state index contributed by atoms with van der Waals surface area (Å²) in [7, 11) is -9.89. The van der Waals surface area contributed by atoms with Crippen molar-refractivity contribution in [2.24, 2.45) is 10.2 Å². The molecule has 0 saturated carbocycles. The zero-order valence-electron chi connectivity index (χ0n) is 19.3. The molecule has 0 unspecified atom stereocenters. The van der Waals surface area contributed by atoms with Gasteiger partial charge in [0.1, 0.15) is 11.4 Å². The van der Waals surface area contributed by atoms with Crippen molar-refractivity contribution in [1.29, 1.82) is 0 Å². The maximum absolute atomic E-state index is 8.49. The quantitative estimate of drug-likeness (QED) is 0.216. The average Bonchev–Trinajstić information content (AvgIpc) is 2.69. The molecule has 0 spiro atoms. The number of hydrogen-bond donors (Lipinski definition) is 0. The van der Waals surface area contributed by atoms with Crippen molar-refractivity contribution >= 4 is 33.7 Å². The Morgan fingerprint density at radius 3 is 1.19 bits per heavy atom. The Kier molecular flexibility index (Phi) is 9.58. The normalized spacial score (nSPS) is 11.8. The minimum atomic E-state index is -4.94. The van der Waals surface area contributed by atoms with Gasteiger partial charge in [0.05, 0.1) is 21.0 Å². The van der Waals surface area contributed by atoms with Gasteiger partial charge in [0.25, 0.3) is 11.3 Å². The molecule has 0 fully saturated rings. The van der Waals surface area contributed by atoms with Gasteiger partial charge < -0.3 is 0 Å². The van der Waals surface area contributed by atoms with Gasteiger partial charge in [-0.25, -0.2) is 47.2 Å². The molecule has 14 nitrogen and oxygen atoms in total. The zero-order chi connectivity index (χ0) is 27.3. The third-order valence-electron chi connectivity index (χ3n) is 4.36. The van der Waals surface area contributed by atoms with Crippen LogP contribution in [0.4, 0.5) is 11.6 Å². The maximum atomic E-state index is 8.49. The number of hydrogen-bond acceptors (Lipinski definition) is 12. The van der Waals surface area contributed by atoms with Crippen LogP contribution >= 0.6 is 0 Å². The largest absolute Gasteiger partial charge is 0.303 e. The smallest absolute Gasteiger partial charge is 0.237 e. The van der Waals surface area contributed by atoms with E-state index < -0.39 is 20.5 Å². The van der Waals surface area contributed by atoms with E-state index in [1.807, 2.05) is 38.1 Å². The Labute approximate surface area is 208 Å². The molecular weight excluding hydrogens is 523 g/mol. The monoisotopic (exact) mass is 542 g/mol. The number of azo groups is 1. The lowest BCUT2D eigenvalue weighted by atomic mass is 10.1. The molecule has 0 saturated heterocycles. The predicted octanol–water partition coefficient (Wildman–Crippen LogP) is -5.45. The van der Waals surface area contributed by atoms with Gasteiger partial charge in [-0.15, -0.1) is 30.5 Å². The van der Waals surface area contributed by atoms with Crippen LogP contribution in [-0.4, -0.2) is 9.97 Å². The highest BCUT2D eigenvalue weighted by Crippen LogP contribution is 2.19. The first-order valence-electron chi connectivity index (χ1n) is 9.75. The second-order valence-electron chi connectivity index (χ2n) is 7.33. The van der Waals surface area contributed by atoms with Crippen LogP contribution in [0.1, 0.15) is 22.5 Å². The highest BCUT2D eigenvalue weighted by atomic mass is 35.7. The fourth-order valence-corrected chi connectivity index (χ4v) is 3.18.